The highest BCUT2D eigenvalue weighted by Gasteiger charge is 2.28. The van der Waals surface area contributed by atoms with Crippen LogP contribution in [0.3, 0.4) is 0 Å². The zero-order valence-electron chi connectivity index (χ0n) is 15.6. The quantitative estimate of drug-likeness (QED) is 0.273. The number of ether oxygens (including phenoxy) is 1. The number of hydrogen-bond donors (Lipinski definition) is 1. The number of aldehydes is 1. The van der Waals surface area contributed by atoms with Crippen LogP contribution in [0.15, 0.2) is 27.5 Å². The molecule has 154 valence electrons. The summed E-state index contributed by atoms with van der Waals surface area (Å²) in [4.78, 5) is 27.9. The van der Waals surface area contributed by atoms with Gasteiger partial charge in [0.25, 0.3) is 5.56 Å². The second-order valence-electron chi connectivity index (χ2n) is 5.92. The molecule has 1 aliphatic rings. The van der Waals surface area contributed by atoms with Gasteiger partial charge in [0.1, 0.15) is 5.82 Å². The lowest BCUT2D eigenvalue weighted by Crippen LogP contribution is -2.30. The average Bonchev–Trinajstić information content (AvgIpc) is 2.85. The third kappa shape index (κ3) is 4.89. The van der Waals surface area contributed by atoms with Crippen molar-refractivity contribution in [1.29, 1.82) is 0 Å². The van der Waals surface area contributed by atoms with Crippen molar-refractivity contribution in [2.45, 2.75) is 38.1 Å². The van der Waals surface area contributed by atoms with Crippen molar-refractivity contribution in [2.24, 2.45) is 5.73 Å². The molecule has 1 aromatic heterocycles. The number of rotatable bonds is 7. The van der Waals surface area contributed by atoms with Crippen LogP contribution in [-0.4, -0.2) is 37.5 Å². The van der Waals surface area contributed by atoms with E-state index in [4.69, 9.17) is 14.7 Å². The number of allylic oxidation sites excluding steroid dienone is 4. The van der Waals surface area contributed by atoms with Gasteiger partial charge in [-0.2, -0.15) is 8.42 Å². The van der Waals surface area contributed by atoms with Crippen molar-refractivity contribution in [3.63, 3.8) is 0 Å². The Morgan fingerprint density at radius 2 is 2.11 bits per heavy atom. The second kappa shape index (κ2) is 9.48. The molecule has 0 saturated carbocycles. The molecular weight excluding hydrogens is 454 g/mol. The lowest BCUT2D eigenvalue weighted by atomic mass is 10.3. The highest BCUT2D eigenvalue weighted by molar-refractivity contribution is 9.09. The summed E-state index contributed by atoms with van der Waals surface area (Å²) >= 11 is 3.35. The van der Waals surface area contributed by atoms with Crippen LogP contribution in [0.4, 0.5) is 0 Å². The number of fused-ring (bicyclic) bond motifs is 1. The summed E-state index contributed by atoms with van der Waals surface area (Å²) in [5, 5.41) is 0. The summed E-state index contributed by atoms with van der Waals surface area (Å²) in [5.41, 5.74) is 5.05. The van der Waals surface area contributed by atoms with E-state index in [2.05, 4.69) is 20.9 Å². The van der Waals surface area contributed by atoms with E-state index in [1.165, 1.54) is 16.7 Å². The Morgan fingerprint density at radius 3 is 2.71 bits per heavy atom. The molecule has 0 saturated heterocycles. The Labute approximate surface area is 171 Å². The molecule has 2 rings (SSSR count). The van der Waals surface area contributed by atoms with Crippen LogP contribution in [0.5, 0.6) is 5.75 Å². The van der Waals surface area contributed by atoms with Crippen molar-refractivity contribution in [3.8, 4) is 5.75 Å². The zero-order chi connectivity index (χ0) is 20.9. The van der Waals surface area contributed by atoms with E-state index in [0.717, 1.165) is 0 Å². The predicted octanol–water partition coefficient (Wildman–Crippen LogP) is 1.78. The van der Waals surface area contributed by atoms with Gasteiger partial charge in [0.2, 0.25) is 5.75 Å². The van der Waals surface area contributed by atoms with Gasteiger partial charge in [-0.25, -0.2) is 4.98 Å². The topological polar surface area (TPSA) is 131 Å². The number of halogens is 1. The van der Waals surface area contributed by atoms with E-state index in [0.29, 0.717) is 18.4 Å². The monoisotopic (exact) mass is 475 g/mol. The summed E-state index contributed by atoms with van der Waals surface area (Å²) in [6.07, 6.45) is 3.75. The molecule has 1 atom stereocenters. The lowest BCUT2D eigenvalue weighted by Gasteiger charge is -2.15. The summed E-state index contributed by atoms with van der Waals surface area (Å²) < 4.78 is 37.0. The van der Waals surface area contributed by atoms with Crippen LogP contribution in [0.2, 0.25) is 0 Å². The lowest BCUT2D eigenvalue weighted by molar-refractivity contribution is 0.111. The Balaban J connectivity index is 2.54. The van der Waals surface area contributed by atoms with Crippen LogP contribution in [0.1, 0.15) is 47.8 Å². The maximum atomic E-state index is 12.8. The number of hydrogen-bond acceptors (Lipinski definition) is 8. The van der Waals surface area contributed by atoms with Gasteiger partial charge >= 0.3 is 10.1 Å². The number of alkyl halides is 1. The fraction of sp³-hybridized carbons (Fsp3) is 0.471. The number of nitrogens with zero attached hydrogens (tertiary/aromatic N) is 2. The maximum absolute atomic E-state index is 12.8. The predicted molar refractivity (Wildman–Crippen MR) is 107 cm³/mol. The van der Waals surface area contributed by atoms with Crippen LogP contribution >= 0.6 is 15.9 Å². The van der Waals surface area contributed by atoms with E-state index in [9.17, 15) is 18.0 Å². The molecule has 11 heteroatoms. The van der Waals surface area contributed by atoms with Crippen molar-refractivity contribution < 1.29 is 22.1 Å². The van der Waals surface area contributed by atoms with Gasteiger partial charge in [-0.1, -0.05) is 29.8 Å². The molecule has 0 bridgehead atoms. The maximum Gasteiger partial charge on any atom is 0.335 e. The molecule has 0 aliphatic carbocycles. The van der Waals surface area contributed by atoms with Gasteiger partial charge in [0.05, 0.1) is 29.5 Å². The summed E-state index contributed by atoms with van der Waals surface area (Å²) in [7, 11) is -4.33. The first-order valence-electron chi connectivity index (χ1n) is 8.66. The van der Waals surface area contributed by atoms with Crippen molar-refractivity contribution >= 4 is 32.3 Å². The normalized spacial score (nSPS) is 18.3. The van der Waals surface area contributed by atoms with E-state index < -0.39 is 26.3 Å². The van der Waals surface area contributed by atoms with Gasteiger partial charge in [0.15, 0.2) is 12.0 Å². The minimum Gasteiger partial charge on any atom is -0.402 e. The first-order chi connectivity index (χ1) is 13.2. The van der Waals surface area contributed by atoms with E-state index in [-0.39, 0.29) is 42.6 Å². The zero-order valence-corrected chi connectivity index (χ0v) is 18.0. The largest absolute Gasteiger partial charge is 0.402 e. The summed E-state index contributed by atoms with van der Waals surface area (Å²) in [5.74, 6) is -0.355. The van der Waals surface area contributed by atoms with E-state index in [1.807, 2.05) is 6.92 Å². The minimum atomic E-state index is -4.33. The number of carbonyl (C=O) groups excluding carboxylic acids is 1. The Morgan fingerprint density at radius 1 is 1.39 bits per heavy atom. The molecule has 2 N–H and O–H groups in total. The highest BCUT2D eigenvalue weighted by Crippen LogP contribution is 2.26. The van der Waals surface area contributed by atoms with Gasteiger partial charge in [-0.05, 0) is 25.0 Å². The van der Waals surface area contributed by atoms with Crippen LogP contribution in [0, 0.1) is 0 Å². The second-order valence-corrected chi connectivity index (χ2v) is 8.63. The SMILES string of the molecule is CC/C(N)=C\C=C(/CC)S(=O)(=O)Oc1c(C=O)nc2n(c1=O)CCOCC2Br. The van der Waals surface area contributed by atoms with Crippen LogP contribution < -0.4 is 15.5 Å². The molecule has 0 spiro atoms. The Bertz CT molecular complexity index is 968. The van der Waals surface area contributed by atoms with Crippen LogP contribution in [0.25, 0.3) is 0 Å². The minimum absolute atomic E-state index is 0.0817. The fourth-order valence-electron chi connectivity index (χ4n) is 2.46. The summed E-state index contributed by atoms with van der Waals surface area (Å²) in [6, 6.07) is 0. The first-order valence-corrected chi connectivity index (χ1v) is 11.0. The molecular formula is C17H22BrN3O6S. The van der Waals surface area contributed by atoms with Gasteiger partial charge < -0.3 is 14.7 Å². The molecule has 1 unspecified atom stereocenters. The average molecular weight is 476 g/mol. The fourth-order valence-corrected chi connectivity index (χ4v) is 4.07. The number of nitrogens with two attached hydrogens (primary N) is 1. The number of carbonyl (C=O) groups is 1. The van der Waals surface area contributed by atoms with E-state index in [1.54, 1.807) is 6.92 Å². The molecule has 0 aromatic carbocycles. The van der Waals surface area contributed by atoms with Crippen molar-refractivity contribution in [3.05, 3.63) is 44.6 Å². The Kier molecular flexibility index (Phi) is 7.55. The van der Waals surface area contributed by atoms with E-state index >= 15 is 0 Å². The molecule has 2 heterocycles. The van der Waals surface area contributed by atoms with Gasteiger partial charge in [0, 0.05) is 5.70 Å². The molecule has 1 aliphatic heterocycles. The van der Waals surface area contributed by atoms with Gasteiger partial charge in [-0.3, -0.25) is 14.2 Å². The smallest absolute Gasteiger partial charge is 0.335 e. The molecule has 0 fully saturated rings. The van der Waals surface area contributed by atoms with Crippen LogP contribution in [-0.2, 0) is 21.4 Å². The molecule has 9 nitrogen and oxygen atoms in total. The molecule has 0 amide bonds. The first kappa shape index (κ1) is 22.3. The highest BCUT2D eigenvalue weighted by atomic mass is 79.9. The molecule has 28 heavy (non-hydrogen) atoms. The van der Waals surface area contributed by atoms with Crippen molar-refractivity contribution in [1.82, 2.24) is 9.55 Å². The third-order valence-electron chi connectivity index (χ3n) is 4.05. The Hall–Kier alpha value is -1.98. The molecule has 0 radical (unpaired) electrons. The standard InChI is InChI=1S/C17H22BrN3O6S/c1-3-11(19)5-6-12(4-2)28(24,25)27-15-14(9-22)20-16-13(18)10-26-8-7-21(16)17(15)23/h5-6,9,13H,3-4,7-8,10,19H2,1-2H3/b11-5+,12-6+. The van der Waals surface area contributed by atoms with Gasteiger partial charge in [-0.15, -0.1) is 0 Å². The number of aromatic nitrogens is 2. The van der Waals surface area contributed by atoms with Crippen molar-refractivity contribution in [2.75, 3.05) is 13.2 Å². The third-order valence-corrected chi connectivity index (χ3v) is 6.18. The summed E-state index contributed by atoms with van der Waals surface area (Å²) in [6.45, 7) is 4.11. The molecule has 1 aromatic rings.